The molecule has 0 aliphatic heterocycles. The first-order valence-electron chi connectivity index (χ1n) is 12.8. The maximum Gasteiger partial charge on any atom is 0.0704 e. The molecule has 0 amide bonds. The average Bonchev–Trinajstić information content (AvgIpc) is 2.62. The van der Waals surface area contributed by atoms with Gasteiger partial charge in [0.2, 0.25) is 0 Å². The summed E-state index contributed by atoms with van der Waals surface area (Å²) in [5.74, 6) is 1.79. The molecule has 0 aromatic rings. The molecule has 0 saturated heterocycles. The SMILES string of the molecule is CC(C)CCCCC(C)C.CC(C)OCCCOC(C)C.CC(C)OCCOC(C)C. The van der Waals surface area contributed by atoms with Crippen LogP contribution in [-0.2, 0) is 18.9 Å². The molecule has 0 aliphatic carbocycles. The minimum Gasteiger partial charge on any atom is -0.379 e. The van der Waals surface area contributed by atoms with Gasteiger partial charge >= 0.3 is 0 Å². The summed E-state index contributed by atoms with van der Waals surface area (Å²) in [7, 11) is 0. The molecule has 0 N–H and O–H groups in total. The van der Waals surface area contributed by atoms with Gasteiger partial charge in [-0.1, -0.05) is 53.4 Å². The monoisotopic (exact) mass is 448 g/mol. The molecule has 0 aromatic carbocycles. The first kappa shape index (κ1) is 35.4. The lowest BCUT2D eigenvalue weighted by molar-refractivity contribution is -0.00108. The molecule has 4 heteroatoms. The summed E-state index contributed by atoms with van der Waals surface area (Å²) in [5, 5.41) is 0. The number of unbranched alkanes of at least 4 members (excludes halogenated alkanes) is 1. The van der Waals surface area contributed by atoms with Crippen LogP contribution in [0.2, 0.25) is 0 Å². The Labute approximate surface area is 197 Å². The second-order valence-corrected chi connectivity index (χ2v) is 10.1. The Morgan fingerprint density at radius 1 is 0.355 bits per heavy atom. The van der Waals surface area contributed by atoms with E-state index in [1.54, 1.807) is 0 Å². The number of hydrogen-bond acceptors (Lipinski definition) is 4. The molecule has 4 nitrogen and oxygen atoms in total. The smallest absolute Gasteiger partial charge is 0.0704 e. The van der Waals surface area contributed by atoms with Crippen molar-refractivity contribution < 1.29 is 18.9 Å². The van der Waals surface area contributed by atoms with E-state index in [2.05, 4.69) is 27.7 Å². The van der Waals surface area contributed by atoms with E-state index >= 15 is 0 Å². The van der Waals surface area contributed by atoms with E-state index in [0.717, 1.165) is 31.5 Å². The van der Waals surface area contributed by atoms with E-state index in [4.69, 9.17) is 18.9 Å². The van der Waals surface area contributed by atoms with Crippen LogP contribution >= 0.6 is 0 Å². The molecule has 0 aliphatic rings. The highest BCUT2D eigenvalue weighted by Crippen LogP contribution is 2.11. The molecular weight excluding hydrogens is 388 g/mol. The lowest BCUT2D eigenvalue weighted by atomic mass is 10.0. The van der Waals surface area contributed by atoms with Crippen molar-refractivity contribution in [2.45, 2.75) is 140 Å². The third-order valence-corrected chi connectivity index (χ3v) is 3.99. The lowest BCUT2D eigenvalue weighted by Gasteiger charge is -2.09. The molecule has 0 atom stereocenters. The Hall–Kier alpha value is -0.160. The van der Waals surface area contributed by atoms with Crippen molar-refractivity contribution in [3.05, 3.63) is 0 Å². The second kappa shape index (κ2) is 26.1. The van der Waals surface area contributed by atoms with E-state index < -0.39 is 0 Å². The zero-order valence-corrected chi connectivity index (χ0v) is 23.5. The van der Waals surface area contributed by atoms with Crippen LogP contribution in [-0.4, -0.2) is 50.8 Å². The lowest BCUT2D eigenvalue weighted by Crippen LogP contribution is -2.12. The highest BCUT2D eigenvalue weighted by atomic mass is 16.5. The van der Waals surface area contributed by atoms with Crippen LogP contribution in [0.4, 0.5) is 0 Å². The Morgan fingerprint density at radius 3 is 0.839 bits per heavy atom. The summed E-state index contributed by atoms with van der Waals surface area (Å²) in [5.41, 5.74) is 0. The van der Waals surface area contributed by atoms with Crippen molar-refractivity contribution in [2.24, 2.45) is 11.8 Å². The van der Waals surface area contributed by atoms with Gasteiger partial charge in [0.05, 0.1) is 37.6 Å². The van der Waals surface area contributed by atoms with E-state index in [1.807, 2.05) is 55.4 Å². The summed E-state index contributed by atoms with van der Waals surface area (Å²) >= 11 is 0. The maximum atomic E-state index is 5.34. The van der Waals surface area contributed by atoms with E-state index in [0.29, 0.717) is 37.6 Å². The van der Waals surface area contributed by atoms with Gasteiger partial charge in [-0.05, 0) is 73.6 Å². The third-order valence-electron chi connectivity index (χ3n) is 3.99. The largest absolute Gasteiger partial charge is 0.379 e. The summed E-state index contributed by atoms with van der Waals surface area (Å²) < 4.78 is 21.2. The summed E-state index contributed by atoms with van der Waals surface area (Å²) in [6.45, 7) is 28.5. The van der Waals surface area contributed by atoms with Crippen molar-refractivity contribution in [3.8, 4) is 0 Å². The average molecular weight is 449 g/mol. The molecule has 0 heterocycles. The quantitative estimate of drug-likeness (QED) is 0.225. The van der Waals surface area contributed by atoms with E-state index in [-0.39, 0.29) is 0 Å². The van der Waals surface area contributed by atoms with Gasteiger partial charge in [0.25, 0.3) is 0 Å². The van der Waals surface area contributed by atoms with Gasteiger partial charge < -0.3 is 18.9 Å². The van der Waals surface area contributed by atoms with Crippen LogP contribution in [0, 0.1) is 11.8 Å². The highest BCUT2D eigenvalue weighted by molar-refractivity contribution is 4.49. The fourth-order valence-corrected chi connectivity index (χ4v) is 2.37. The molecule has 0 rings (SSSR count). The summed E-state index contributed by atoms with van der Waals surface area (Å²) in [4.78, 5) is 0. The van der Waals surface area contributed by atoms with Gasteiger partial charge in [-0.3, -0.25) is 0 Å². The number of rotatable bonds is 16. The van der Waals surface area contributed by atoms with Crippen molar-refractivity contribution >= 4 is 0 Å². The maximum absolute atomic E-state index is 5.34. The van der Waals surface area contributed by atoms with E-state index in [9.17, 15) is 0 Å². The molecule has 0 radical (unpaired) electrons. The van der Waals surface area contributed by atoms with Gasteiger partial charge in [-0.25, -0.2) is 0 Å². The van der Waals surface area contributed by atoms with Crippen LogP contribution in [0.25, 0.3) is 0 Å². The molecule has 0 bridgehead atoms. The van der Waals surface area contributed by atoms with Gasteiger partial charge in [-0.15, -0.1) is 0 Å². The molecule has 0 saturated carbocycles. The third kappa shape index (κ3) is 48.5. The molecule has 0 spiro atoms. The van der Waals surface area contributed by atoms with Crippen LogP contribution in [0.5, 0.6) is 0 Å². The Kier molecular flexibility index (Phi) is 29.8. The van der Waals surface area contributed by atoms with Crippen molar-refractivity contribution in [1.29, 1.82) is 0 Å². The normalized spacial score (nSPS) is 11.4. The molecule has 31 heavy (non-hydrogen) atoms. The van der Waals surface area contributed by atoms with Crippen LogP contribution in [0.1, 0.15) is 115 Å². The predicted octanol–water partition coefficient (Wildman–Crippen LogP) is 7.92. The van der Waals surface area contributed by atoms with Crippen LogP contribution < -0.4 is 0 Å². The zero-order chi connectivity index (χ0) is 24.7. The number of hydrogen-bond donors (Lipinski definition) is 0. The second-order valence-electron chi connectivity index (χ2n) is 10.1. The summed E-state index contributed by atoms with van der Waals surface area (Å²) in [6.07, 6.45) is 7.98. The van der Waals surface area contributed by atoms with Crippen molar-refractivity contribution in [1.82, 2.24) is 0 Å². The summed E-state index contributed by atoms with van der Waals surface area (Å²) in [6, 6.07) is 0. The molecule has 0 unspecified atom stereocenters. The minimum atomic E-state index is 0.316. The zero-order valence-electron chi connectivity index (χ0n) is 23.5. The topological polar surface area (TPSA) is 36.9 Å². The fourth-order valence-electron chi connectivity index (χ4n) is 2.37. The minimum absolute atomic E-state index is 0.316. The molecule has 0 aromatic heterocycles. The standard InChI is InChI=1S/C10H22.C9H20O2.C8H18O2/c1-9(2)7-5-6-8-10(3)4;1-8(2)10-6-5-7-11-9(3)4;1-7(2)9-5-6-10-8(3)4/h9-10H,5-8H2,1-4H3;8-9H,5-7H2,1-4H3;7-8H,5-6H2,1-4H3. The van der Waals surface area contributed by atoms with Gasteiger partial charge in [-0.2, -0.15) is 0 Å². The first-order valence-corrected chi connectivity index (χ1v) is 12.8. The Balaban J connectivity index is -0.000000380. The van der Waals surface area contributed by atoms with Crippen LogP contribution in [0.15, 0.2) is 0 Å². The van der Waals surface area contributed by atoms with Crippen LogP contribution in [0.3, 0.4) is 0 Å². The highest BCUT2D eigenvalue weighted by Gasteiger charge is 1.97. The first-order chi connectivity index (χ1) is 14.4. The van der Waals surface area contributed by atoms with Crippen molar-refractivity contribution in [2.75, 3.05) is 26.4 Å². The molecule has 192 valence electrons. The van der Waals surface area contributed by atoms with Gasteiger partial charge in [0.15, 0.2) is 0 Å². The predicted molar refractivity (Wildman–Crippen MR) is 137 cm³/mol. The van der Waals surface area contributed by atoms with Crippen molar-refractivity contribution in [3.63, 3.8) is 0 Å². The Bertz CT molecular complexity index is 262. The number of ether oxygens (including phenoxy) is 4. The van der Waals surface area contributed by atoms with Gasteiger partial charge in [0, 0.05) is 13.2 Å². The van der Waals surface area contributed by atoms with E-state index in [1.165, 1.54) is 25.7 Å². The van der Waals surface area contributed by atoms with Gasteiger partial charge in [0.1, 0.15) is 0 Å². The molecular formula is C27H60O4. The Morgan fingerprint density at radius 2 is 0.613 bits per heavy atom. The fraction of sp³-hybridized carbons (Fsp3) is 1.00. The molecule has 0 fully saturated rings.